The van der Waals surface area contributed by atoms with Crippen molar-refractivity contribution in [2.45, 2.75) is 20.0 Å². The van der Waals surface area contributed by atoms with Crippen LogP contribution in [0.4, 0.5) is 10.5 Å². The van der Waals surface area contributed by atoms with Gasteiger partial charge in [-0.3, -0.25) is 5.32 Å². The molecule has 0 saturated heterocycles. The lowest BCUT2D eigenvalue weighted by Crippen LogP contribution is -2.16. The molecule has 0 fully saturated rings. The van der Waals surface area contributed by atoms with Gasteiger partial charge in [-0.1, -0.05) is 59.8 Å². The zero-order valence-corrected chi connectivity index (χ0v) is 21.2. The molecule has 3 aromatic carbocycles. The SMILES string of the molecule is COC(=O)c1ccc2nc(-c3ccc(-c4onc(C)c4NC(=O)OC(C)c4ccccc4)cc3)sc2c1. The van der Waals surface area contributed by atoms with Gasteiger partial charge in [-0.05, 0) is 37.6 Å². The molecule has 37 heavy (non-hydrogen) atoms. The van der Waals surface area contributed by atoms with Gasteiger partial charge < -0.3 is 14.0 Å². The van der Waals surface area contributed by atoms with E-state index in [1.54, 1.807) is 19.1 Å². The van der Waals surface area contributed by atoms with Crippen LogP contribution >= 0.6 is 11.3 Å². The fourth-order valence-electron chi connectivity index (χ4n) is 3.86. The van der Waals surface area contributed by atoms with E-state index in [9.17, 15) is 9.59 Å². The number of methoxy groups -OCH3 is 1. The van der Waals surface area contributed by atoms with E-state index >= 15 is 0 Å². The van der Waals surface area contributed by atoms with Crippen LogP contribution in [0.2, 0.25) is 0 Å². The Hall–Kier alpha value is -4.50. The number of carbonyl (C=O) groups is 2. The maximum Gasteiger partial charge on any atom is 0.412 e. The van der Waals surface area contributed by atoms with Crippen molar-refractivity contribution in [3.05, 3.63) is 89.6 Å². The first-order valence-corrected chi connectivity index (χ1v) is 12.3. The summed E-state index contributed by atoms with van der Waals surface area (Å²) in [6.07, 6.45) is -1.01. The average Bonchev–Trinajstić information content (AvgIpc) is 3.51. The van der Waals surface area contributed by atoms with Crippen LogP contribution in [0.15, 0.2) is 77.3 Å². The zero-order valence-electron chi connectivity index (χ0n) is 20.3. The highest BCUT2D eigenvalue weighted by molar-refractivity contribution is 7.21. The molecular formula is C28H23N3O5S. The van der Waals surface area contributed by atoms with Gasteiger partial charge in [0.15, 0.2) is 5.76 Å². The van der Waals surface area contributed by atoms with Gasteiger partial charge in [-0.25, -0.2) is 14.6 Å². The summed E-state index contributed by atoms with van der Waals surface area (Å²) in [5.41, 5.74) is 4.82. The van der Waals surface area contributed by atoms with E-state index < -0.39 is 12.2 Å². The number of thiazole rings is 1. The summed E-state index contributed by atoms with van der Waals surface area (Å²) in [5, 5.41) is 7.62. The summed E-state index contributed by atoms with van der Waals surface area (Å²) in [5.74, 6) is 0.0479. The third kappa shape index (κ3) is 5.07. The predicted molar refractivity (Wildman–Crippen MR) is 142 cm³/mol. The van der Waals surface area contributed by atoms with Crippen molar-refractivity contribution in [1.29, 1.82) is 0 Å². The first kappa shape index (κ1) is 24.2. The van der Waals surface area contributed by atoms with Gasteiger partial charge in [0.1, 0.15) is 22.5 Å². The highest BCUT2D eigenvalue weighted by Crippen LogP contribution is 2.35. The maximum absolute atomic E-state index is 12.6. The number of aromatic nitrogens is 2. The van der Waals surface area contributed by atoms with E-state index in [0.29, 0.717) is 22.7 Å². The molecule has 0 bridgehead atoms. The van der Waals surface area contributed by atoms with E-state index in [2.05, 4.69) is 15.5 Å². The summed E-state index contributed by atoms with van der Waals surface area (Å²) >= 11 is 1.49. The molecule has 2 heterocycles. The maximum atomic E-state index is 12.6. The van der Waals surface area contributed by atoms with Crippen LogP contribution in [0.1, 0.15) is 34.6 Å². The van der Waals surface area contributed by atoms with Crippen molar-refractivity contribution in [1.82, 2.24) is 10.1 Å². The number of nitrogens with one attached hydrogen (secondary N) is 1. The number of aryl methyl sites for hydroxylation is 1. The van der Waals surface area contributed by atoms with Crippen LogP contribution in [0.25, 0.3) is 32.1 Å². The van der Waals surface area contributed by atoms with E-state index in [4.69, 9.17) is 14.0 Å². The second-order valence-corrected chi connectivity index (χ2v) is 9.36. The topological polar surface area (TPSA) is 104 Å². The van der Waals surface area contributed by atoms with Crippen LogP contribution in [0.5, 0.6) is 0 Å². The summed E-state index contributed by atoms with van der Waals surface area (Å²) in [4.78, 5) is 29.1. The number of esters is 1. The minimum atomic E-state index is -0.596. The number of anilines is 1. The Bertz CT molecular complexity index is 1570. The van der Waals surface area contributed by atoms with Gasteiger partial charge in [0.2, 0.25) is 0 Å². The number of rotatable bonds is 6. The molecule has 0 spiro atoms. The Morgan fingerprint density at radius 1 is 1.00 bits per heavy atom. The fourth-order valence-corrected chi connectivity index (χ4v) is 4.87. The number of carbonyl (C=O) groups excluding carboxylic acids is 2. The molecule has 0 aliphatic rings. The highest BCUT2D eigenvalue weighted by Gasteiger charge is 2.20. The summed E-state index contributed by atoms with van der Waals surface area (Å²) in [6.45, 7) is 3.56. The molecule has 1 unspecified atom stereocenters. The third-order valence-corrected chi connectivity index (χ3v) is 6.91. The highest BCUT2D eigenvalue weighted by atomic mass is 32.1. The largest absolute Gasteiger partial charge is 0.465 e. The standard InChI is InChI=1S/C28H23N3O5S/c1-16-24(30-28(33)35-17(2)18-7-5-4-6-8-18)25(36-31-16)19-9-11-20(12-10-19)26-29-22-14-13-21(27(32)34-3)15-23(22)37-26/h4-15,17H,1-3H3,(H,30,33). The number of hydrogen-bond donors (Lipinski definition) is 1. The van der Waals surface area contributed by atoms with Crippen molar-refractivity contribution >= 4 is 39.3 Å². The number of benzene rings is 3. The molecule has 0 aliphatic heterocycles. The van der Waals surface area contributed by atoms with Crippen LogP contribution in [0.3, 0.4) is 0 Å². The smallest absolute Gasteiger partial charge is 0.412 e. The molecular weight excluding hydrogens is 490 g/mol. The second-order valence-electron chi connectivity index (χ2n) is 8.33. The van der Waals surface area contributed by atoms with E-state index in [-0.39, 0.29) is 5.97 Å². The normalized spacial score (nSPS) is 11.8. The first-order valence-electron chi connectivity index (χ1n) is 11.5. The predicted octanol–water partition coefficient (Wildman–Crippen LogP) is 7.02. The lowest BCUT2D eigenvalue weighted by atomic mass is 10.1. The minimum Gasteiger partial charge on any atom is -0.465 e. The molecule has 0 radical (unpaired) electrons. The Labute approximate surface area is 216 Å². The first-order chi connectivity index (χ1) is 17.9. The number of nitrogens with zero attached hydrogens (tertiary/aromatic N) is 2. The van der Waals surface area contributed by atoms with Crippen molar-refractivity contribution < 1.29 is 23.6 Å². The van der Waals surface area contributed by atoms with Crippen LogP contribution < -0.4 is 5.32 Å². The number of amides is 1. The lowest BCUT2D eigenvalue weighted by Gasteiger charge is -2.14. The van der Waals surface area contributed by atoms with E-state index in [0.717, 1.165) is 31.9 Å². The summed E-state index contributed by atoms with van der Waals surface area (Å²) in [6, 6.07) is 22.4. The lowest BCUT2D eigenvalue weighted by molar-refractivity contribution is 0.0601. The summed E-state index contributed by atoms with van der Waals surface area (Å²) < 4.78 is 16.8. The molecule has 2 aromatic heterocycles. The molecule has 5 aromatic rings. The van der Waals surface area contributed by atoms with Crippen molar-refractivity contribution in [2.24, 2.45) is 0 Å². The minimum absolute atomic E-state index is 0.383. The van der Waals surface area contributed by atoms with Crippen molar-refractivity contribution in [3.8, 4) is 21.9 Å². The number of ether oxygens (including phenoxy) is 2. The number of hydrogen-bond acceptors (Lipinski definition) is 8. The number of fused-ring (bicyclic) bond motifs is 1. The molecule has 1 N–H and O–H groups in total. The van der Waals surface area contributed by atoms with Crippen molar-refractivity contribution in [2.75, 3.05) is 12.4 Å². The molecule has 0 saturated carbocycles. The van der Waals surface area contributed by atoms with E-state index in [1.165, 1.54) is 18.4 Å². The molecule has 1 atom stereocenters. The molecule has 9 heteroatoms. The third-order valence-electron chi connectivity index (χ3n) is 5.85. The fraction of sp³-hybridized carbons (Fsp3) is 0.143. The van der Waals surface area contributed by atoms with Gasteiger partial charge in [0, 0.05) is 11.1 Å². The second kappa shape index (κ2) is 10.2. The molecule has 186 valence electrons. The van der Waals surface area contributed by atoms with Crippen LogP contribution in [0, 0.1) is 6.92 Å². The van der Waals surface area contributed by atoms with Crippen LogP contribution in [-0.2, 0) is 9.47 Å². The average molecular weight is 514 g/mol. The van der Waals surface area contributed by atoms with Gasteiger partial charge in [0.25, 0.3) is 0 Å². The van der Waals surface area contributed by atoms with Gasteiger partial charge in [0.05, 0.1) is 22.9 Å². The quantitative estimate of drug-likeness (QED) is 0.243. The Morgan fingerprint density at radius 2 is 1.73 bits per heavy atom. The van der Waals surface area contributed by atoms with Crippen LogP contribution in [-0.4, -0.2) is 29.3 Å². The Balaban J connectivity index is 1.34. The zero-order chi connectivity index (χ0) is 25.9. The molecule has 1 amide bonds. The van der Waals surface area contributed by atoms with Gasteiger partial charge in [-0.15, -0.1) is 11.3 Å². The van der Waals surface area contributed by atoms with Gasteiger partial charge >= 0.3 is 12.1 Å². The molecule has 5 rings (SSSR count). The molecule has 0 aliphatic carbocycles. The van der Waals surface area contributed by atoms with Gasteiger partial charge in [-0.2, -0.15) is 0 Å². The Kier molecular flexibility index (Phi) is 6.70. The summed E-state index contributed by atoms with van der Waals surface area (Å²) in [7, 11) is 1.36. The van der Waals surface area contributed by atoms with E-state index in [1.807, 2.05) is 67.6 Å². The van der Waals surface area contributed by atoms with Crippen molar-refractivity contribution in [3.63, 3.8) is 0 Å². The monoisotopic (exact) mass is 513 g/mol. The molecule has 8 nitrogen and oxygen atoms in total. The Morgan fingerprint density at radius 3 is 2.46 bits per heavy atom.